The zero-order chi connectivity index (χ0) is 13.8. The van der Waals surface area contributed by atoms with Crippen LogP contribution in [0.3, 0.4) is 0 Å². The third kappa shape index (κ3) is 2.99. The Morgan fingerprint density at radius 1 is 1.05 bits per heavy atom. The van der Waals surface area contributed by atoms with Gasteiger partial charge in [0.25, 0.3) is 0 Å². The van der Waals surface area contributed by atoms with Gasteiger partial charge >= 0.3 is 0 Å². The molecule has 0 atom stereocenters. The largest absolute Gasteiger partial charge is 0.296 e. The first kappa shape index (κ1) is 13.9. The summed E-state index contributed by atoms with van der Waals surface area (Å²) in [5.41, 5.74) is 1.45. The summed E-state index contributed by atoms with van der Waals surface area (Å²) in [6.07, 6.45) is 5.18. The van der Waals surface area contributed by atoms with Gasteiger partial charge in [-0.1, -0.05) is 48.9 Å². The van der Waals surface area contributed by atoms with Crippen molar-refractivity contribution in [2.24, 2.45) is 0 Å². The fourth-order valence-corrected chi connectivity index (χ4v) is 3.17. The second kappa shape index (κ2) is 6.60. The Morgan fingerprint density at radius 3 is 2.60 bits per heavy atom. The topological polar surface area (TPSA) is 3.24 Å². The summed E-state index contributed by atoms with van der Waals surface area (Å²) in [7, 11) is 0. The van der Waals surface area contributed by atoms with Crippen molar-refractivity contribution in [1.29, 1.82) is 0 Å². The van der Waals surface area contributed by atoms with Crippen molar-refractivity contribution >= 4 is 22.4 Å². The van der Waals surface area contributed by atoms with Crippen LogP contribution in [-0.2, 0) is 6.54 Å². The summed E-state index contributed by atoms with van der Waals surface area (Å²) < 4.78 is 0. The number of alkyl halides is 1. The molecule has 106 valence electrons. The molecular formula is C18H22ClN. The molecular weight excluding hydrogens is 266 g/mol. The second-order valence-electron chi connectivity index (χ2n) is 5.74. The van der Waals surface area contributed by atoms with Crippen LogP contribution < -0.4 is 0 Å². The molecule has 0 aromatic heterocycles. The number of fused-ring (bicyclic) bond motifs is 1. The van der Waals surface area contributed by atoms with E-state index in [0.29, 0.717) is 0 Å². The highest BCUT2D eigenvalue weighted by molar-refractivity contribution is 6.17. The predicted molar refractivity (Wildman–Crippen MR) is 87.3 cm³/mol. The van der Waals surface area contributed by atoms with Gasteiger partial charge in [-0.05, 0) is 42.1 Å². The van der Waals surface area contributed by atoms with Crippen molar-refractivity contribution in [3.8, 4) is 0 Å². The molecule has 1 fully saturated rings. The van der Waals surface area contributed by atoms with Gasteiger partial charge in [-0.25, -0.2) is 0 Å². The van der Waals surface area contributed by atoms with Crippen molar-refractivity contribution < 1.29 is 0 Å². The number of benzene rings is 2. The maximum atomic E-state index is 5.88. The van der Waals surface area contributed by atoms with E-state index in [-0.39, 0.29) is 0 Å². The number of hydrogen-bond donors (Lipinski definition) is 0. The van der Waals surface area contributed by atoms with E-state index in [1.807, 2.05) is 0 Å². The van der Waals surface area contributed by atoms with Gasteiger partial charge in [0, 0.05) is 18.5 Å². The summed E-state index contributed by atoms with van der Waals surface area (Å²) in [5.74, 6) is 0.763. The molecule has 0 bridgehead atoms. The summed E-state index contributed by atoms with van der Waals surface area (Å²) >= 11 is 5.88. The Balaban J connectivity index is 1.82. The predicted octanol–water partition coefficient (Wildman–Crippen LogP) is 4.82. The van der Waals surface area contributed by atoms with E-state index in [2.05, 4.69) is 47.4 Å². The van der Waals surface area contributed by atoms with Gasteiger partial charge in [0.05, 0.1) is 0 Å². The molecule has 1 nitrogen and oxygen atoms in total. The molecule has 0 amide bonds. The average molecular weight is 288 g/mol. The molecule has 0 unspecified atom stereocenters. The van der Waals surface area contributed by atoms with Crippen LogP contribution in [0.25, 0.3) is 10.8 Å². The molecule has 20 heavy (non-hydrogen) atoms. The molecule has 3 rings (SSSR count). The first-order valence-electron chi connectivity index (χ1n) is 7.65. The molecule has 0 aliphatic heterocycles. The van der Waals surface area contributed by atoms with Crippen LogP contribution in [0.4, 0.5) is 0 Å². The molecule has 0 radical (unpaired) electrons. The molecule has 2 aromatic carbocycles. The minimum Gasteiger partial charge on any atom is -0.296 e. The van der Waals surface area contributed by atoms with E-state index in [1.54, 1.807) is 0 Å². The normalized spacial score (nSPS) is 15.7. The van der Waals surface area contributed by atoms with Crippen LogP contribution in [-0.4, -0.2) is 23.4 Å². The van der Waals surface area contributed by atoms with Crippen LogP contribution in [0.1, 0.15) is 31.2 Å². The summed E-state index contributed by atoms with van der Waals surface area (Å²) in [4.78, 5) is 2.63. The highest BCUT2D eigenvalue weighted by atomic mass is 35.5. The molecule has 0 N–H and O–H groups in total. The lowest BCUT2D eigenvalue weighted by molar-refractivity contribution is 0.120. The number of rotatable bonds is 6. The highest BCUT2D eigenvalue weighted by Crippen LogP contribution is 2.28. The third-order valence-electron chi connectivity index (χ3n) is 4.42. The molecule has 0 saturated heterocycles. The molecule has 1 aliphatic rings. The molecule has 0 heterocycles. The maximum Gasteiger partial charge on any atom is 0.0242 e. The Bertz CT molecular complexity index is 557. The van der Waals surface area contributed by atoms with Gasteiger partial charge in [-0.15, -0.1) is 11.6 Å². The Morgan fingerprint density at radius 2 is 1.85 bits per heavy atom. The molecule has 1 aliphatic carbocycles. The lowest BCUT2D eigenvalue weighted by Gasteiger charge is -2.37. The van der Waals surface area contributed by atoms with Gasteiger partial charge in [0.2, 0.25) is 0 Å². The van der Waals surface area contributed by atoms with Crippen LogP contribution >= 0.6 is 11.6 Å². The number of nitrogens with zero attached hydrogens (tertiary/aromatic N) is 1. The first-order chi connectivity index (χ1) is 9.88. The minimum atomic E-state index is 0.763. The third-order valence-corrected chi connectivity index (χ3v) is 4.69. The van der Waals surface area contributed by atoms with Crippen LogP contribution in [0.2, 0.25) is 0 Å². The maximum absolute atomic E-state index is 5.88. The molecule has 2 aromatic rings. The van der Waals surface area contributed by atoms with E-state index in [1.165, 1.54) is 35.6 Å². The van der Waals surface area contributed by atoms with Gasteiger partial charge < -0.3 is 0 Å². The lowest BCUT2D eigenvalue weighted by atomic mass is 9.90. The van der Waals surface area contributed by atoms with Crippen molar-refractivity contribution in [3.63, 3.8) is 0 Å². The van der Waals surface area contributed by atoms with E-state index in [9.17, 15) is 0 Å². The van der Waals surface area contributed by atoms with Crippen LogP contribution in [0.15, 0.2) is 42.5 Å². The minimum absolute atomic E-state index is 0.763. The first-order valence-corrected chi connectivity index (χ1v) is 8.18. The molecule has 1 saturated carbocycles. The molecule has 2 heteroatoms. The van der Waals surface area contributed by atoms with E-state index in [4.69, 9.17) is 11.6 Å². The fourth-order valence-electron chi connectivity index (χ4n) is 3.05. The highest BCUT2D eigenvalue weighted by Gasteiger charge is 2.24. The van der Waals surface area contributed by atoms with E-state index in [0.717, 1.165) is 31.4 Å². The second-order valence-corrected chi connectivity index (χ2v) is 6.11. The average Bonchev–Trinajstić information content (AvgIpc) is 2.43. The van der Waals surface area contributed by atoms with E-state index < -0.39 is 0 Å². The molecule has 0 spiro atoms. The number of hydrogen-bond acceptors (Lipinski definition) is 1. The standard InChI is InChI=1S/C18H22ClN/c19-12-5-13-20(17-9-4-10-17)14-16-8-3-7-15-6-1-2-11-18(15)16/h1-3,6-8,11,17H,4-5,9-10,12-14H2. The van der Waals surface area contributed by atoms with Crippen molar-refractivity contribution in [1.82, 2.24) is 4.90 Å². The van der Waals surface area contributed by atoms with Gasteiger partial charge in [-0.2, -0.15) is 0 Å². The van der Waals surface area contributed by atoms with E-state index >= 15 is 0 Å². The quantitative estimate of drug-likeness (QED) is 0.688. The Kier molecular flexibility index (Phi) is 4.59. The lowest BCUT2D eigenvalue weighted by Crippen LogP contribution is -2.40. The van der Waals surface area contributed by atoms with Gasteiger partial charge in [-0.3, -0.25) is 4.90 Å². The van der Waals surface area contributed by atoms with Crippen LogP contribution in [0.5, 0.6) is 0 Å². The Hall–Kier alpha value is -1.05. The summed E-state index contributed by atoms with van der Waals surface area (Å²) in [5, 5.41) is 2.74. The summed E-state index contributed by atoms with van der Waals surface area (Å²) in [6, 6.07) is 16.1. The van der Waals surface area contributed by atoms with Gasteiger partial charge in [0.1, 0.15) is 0 Å². The van der Waals surface area contributed by atoms with Crippen molar-refractivity contribution in [2.45, 2.75) is 38.3 Å². The zero-order valence-corrected chi connectivity index (χ0v) is 12.6. The summed E-state index contributed by atoms with van der Waals surface area (Å²) in [6.45, 7) is 2.18. The smallest absolute Gasteiger partial charge is 0.0242 e. The Labute approximate surface area is 126 Å². The van der Waals surface area contributed by atoms with Crippen LogP contribution in [0, 0.1) is 0 Å². The fraction of sp³-hybridized carbons (Fsp3) is 0.444. The SMILES string of the molecule is ClCCCN(Cc1cccc2ccccc12)C1CCC1. The zero-order valence-electron chi connectivity index (χ0n) is 11.9. The number of halogens is 1. The van der Waals surface area contributed by atoms with Crippen molar-refractivity contribution in [3.05, 3.63) is 48.0 Å². The monoisotopic (exact) mass is 287 g/mol. The van der Waals surface area contributed by atoms with Gasteiger partial charge in [0.15, 0.2) is 0 Å². The van der Waals surface area contributed by atoms with Crippen molar-refractivity contribution in [2.75, 3.05) is 12.4 Å².